The van der Waals surface area contributed by atoms with Crippen molar-refractivity contribution in [2.45, 2.75) is 6.42 Å². The zero-order valence-electron chi connectivity index (χ0n) is 11.5. The van der Waals surface area contributed by atoms with E-state index in [-0.39, 0.29) is 5.82 Å². The quantitative estimate of drug-likeness (QED) is 0.784. The summed E-state index contributed by atoms with van der Waals surface area (Å²) >= 11 is 1.28. The number of methoxy groups -OCH3 is 1. The van der Waals surface area contributed by atoms with Crippen molar-refractivity contribution in [1.82, 2.24) is 9.97 Å². The number of hydrogen-bond donors (Lipinski definition) is 1. The van der Waals surface area contributed by atoms with Crippen LogP contribution in [0.5, 0.6) is 5.75 Å². The van der Waals surface area contributed by atoms with E-state index in [2.05, 4.69) is 15.3 Å². The minimum Gasteiger partial charge on any atom is -0.497 e. The molecule has 0 bridgehead atoms. The molecule has 0 saturated heterocycles. The molecule has 0 aliphatic carbocycles. The fourth-order valence-electron chi connectivity index (χ4n) is 2.09. The molecule has 0 unspecified atom stereocenters. The highest BCUT2D eigenvalue weighted by atomic mass is 32.1. The Kier molecular flexibility index (Phi) is 3.96. The molecule has 3 aromatic rings. The van der Waals surface area contributed by atoms with Crippen LogP contribution in [0.15, 0.2) is 36.0 Å². The van der Waals surface area contributed by atoms with Gasteiger partial charge in [0.1, 0.15) is 28.5 Å². The lowest BCUT2D eigenvalue weighted by molar-refractivity contribution is 0.414. The Balaban J connectivity index is 1.67. The maximum absolute atomic E-state index is 13.7. The minimum absolute atomic E-state index is 0.275. The lowest BCUT2D eigenvalue weighted by Gasteiger charge is -2.07. The summed E-state index contributed by atoms with van der Waals surface area (Å²) in [5.74, 6) is 1.11. The first-order chi connectivity index (χ1) is 10.3. The van der Waals surface area contributed by atoms with Gasteiger partial charge in [0.05, 0.1) is 12.5 Å². The molecular formula is C15H14FN3OS. The number of benzene rings is 1. The highest BCUT2D eigenvalue weighted by Gasteiger charge is 2.10. The Hall–Kier alpha value is -2.21. The van der Waals surface area contributed by atoms with Crippen molar-refractivity contribution >= 4 is 27.4 Å². The maximum atomic E-state index is 13.7. The van der Waals surface area contributed by atoms with Gasteiger partial charge in [0.15, 0.2) is 0 Å². The van der Waals surface area contributed by atoms with Crippen LogP contribution in [-0.2, 0) is 6.42 Å². The van der Waals surface area contributed by atoms with E-state index in [1.54, 1.807) is 7.11 Å². The van der Waals surface area contributed by atoms with Gasteiger partial charge in [0.2, 0.25) is 0 Å². The van der Waals surface area contributed by atoms with Gasteiger partial charge < -0.3 is 10.1 Å². The van der Waals surface area contributed by atoms with Crippen molar-refractivity contribution in [1.29, 1.82) is 0 Å². The zero-order chi connectivity index (χ0) is 14.7. The number of fused-ring (bicyclic) bond motifs is 1. The number of halogens is 1. The first-order valence-corrected chi connectivity index (χ1v) is 7.40. The molecule has 2 heterocycles. The van der Waals surface area contributed by atoms with Gasteiger partial charge >= 0.3 is 0 Å². The Morgan fingerprint density at radius 2 is 2.05 bits per heavy atom. The maximum Gasteiger partial charge on any atom is 0.147 e. The fourth-order valence-corrected chi connectivity index (χ4v) is 2.84. The summed E-state index contributed by atoms with van der Waals surface area (Å²) < 4.78 is 18.8. The second kappa shape index (κ2) is 6.05. The lowest BCUT2D eigenvalue weighted by atomic mass is 10.1. The molecule has 0 saturated carbocycles. The summed E-state index contributed by atoms with van der Waals surface area (Å²) in [6.07, 6.45) is 2.27. The van der Waals surface area contributed by atoms with Crippen LogP contribution in [0.2, 0.25) is 0 Å². The summed E-state index contributed by atoms with van der Waals surface area (Å²) in [5, 5.41) is 5.10. The number of anilines is 1. The van der Waals surface area contributed by atoms with E-state index in [9.17, 15) is 4.39 Å². The van der Waals surface area contributed by atoms with Crippen LogP contribution in [0, 0.1) is 5.82 Å². The Morgan fingerprint density at radius 3 is 2.81 bits per heavy atom. The third-order valence-corrected chi connectivity index (χ3v) is 4.05. The van der Waals surface area contributed by atoms with Gasteiger partial charge in [0.25, 0.3) is 0 Å². The van der Waals surface area contributed by atoms with E-state index in [0.29, 0.717) is 22.6 Å². The molecule has 0 fully saturated rings. The zero-order valence-corrected chi connectivity index (χ0v) is 12.3. The van der Waals surface area contributed by atoms with E-state index in [1.807, 2.05) is 24.3 Å². The summed E-state index contributed by atoms with van der Waals surface area (Å²) in [4.78, 5) is 8.85. The number of ether oxygens (including phenoxy) is 1. The highest BCUT2D eigenvalue weighted by Crippen LogP contribution is 2.27. The summed E-state index contributed by atoms with van der Waals surface area (Å²) in [6.45, 7) is 0.674. The van der Waals surface area contributed by atoms with Crippen molar-refractivity contribution < 1.29 is 9.13 Å². The van der Waals surface area contributed by atoms with E-state index in [4.69, 9.17) is 4.74 Å². The largest absolute Gasteiger partial charge is 0.497 e. The molecule has 0 spiro atoms. The van der Waals surface area contributed by atoms with Crippen molar-refractivity contribution in [3.05, 3.63) is 47.4 Å². The Bertz CT molecular complexity index is 742. The van der Waals surface area contributed by atoms with Crippen LogP contribution < -0.4 is 10.1 Å². The van der Waals surface area contributed by atoms with Crippen molar-refractivity contribution in [2.24, 2.45) is 0 Å². The number of aromatic nitrogens is 2. The first kappa shape index (κ1) is 13.8. The number of nitrogens with zero attached hydrogens (tertiary/aromatic N) is 2. The number of nitrogens with one attached hydrogen (secondary N) is 1. The lowest BCUT2D eigenvalue weighted by Crippen LogP contribution is -2.07. The third kappa shape index (κ3) is 2.95. The van der Waals surface area contributed by atoms with Gasteiger partial charge in [0, 0.05) is 11.9 Å². The molecule has 108 valence electrons. The van der Waals surface area contributed by atoms with Gasteiger partial charge in [-0.25, -0.2) is 14.4 Å². The second-order valence-corrected chi connectivity index (χ2v) is 5.37. The molecule has 0 atom stereocenters. The summed E-state index contributed by atoms with van der Waals surface area (Å²) in [6, 6.07) is 7.88. The summed E-state index contributed by atoms with van der Waals surface area (Å²) in [7, 11) is 1.65. The number of rotatable bonds is 5. The molecule has 21 heavy (non-hydrogen) atoms. The molecule has 1 aromatic carbocycles. The summed E-state index contributed by atoms with van der Waals surface area (Å²) in [5.41, 5.74) is 1.18. The predicted octanol–water partition coefficient (Wildman–Crippen LogP) is 3.49. The Morgan fingerprint density at radius 1 is 1.24 bits per heavy atom. The van der Waals surface area contributed by atoms with Gasteiger partial charge in [-0.15, -0.1) is 11.3 Å². The van der Waals surface area contributed by atoms with Crippen LogP contribution in [-0.4, -0.2) is 23.6 Å². The average molecular weight is 303 g/mol. The predicted molar refractivity (Wildman–Crippen MR) is 82.6 cm³/mol. The highest BCUT2D eigenvalue weighted by molar-refractivity contribution is 7.16. The molecule has 4 nitrogen and oxygen atoms in total. The topological polar surface area (TPSA) is 47.0 Å². The smallest absolute Gasteiger partial charge is 0.147 e. The van der Waals surface area contributed by atoms with Gasteiger partial charge in [-0.1, -0.05) is 12.1 Å². The SMILES string of the molecule is COc1ccc(CCNc2ncnc3scc(F)c23)cc1. The molecular weight excluding hydrogens is 289 g/mol. The average Bonchev–Trinajstić information content (AvgIpc) is 2.90. The Labute approximate surface area is 125 Å². The number of hydrogen-bond acceptors (Lipinski definition) is 5. The normalized spacial score (nSPS) is 10.8. The molecule has 1 N–H and O–H groups in total. The molecule has 0 aliphatic heterocycles. The third-order valence-electron chi connectivity index (χ3n) is 3.19. The molecule has 2 aromatic heterocycles. The van der Waals surface area contributed by atoms with Crippen LogP contribution in [0.3, 0.4) is 0 Å². The minimum atomic E-state index is -0.275. The van der Waals surface area contributed by atoms with E-state index < -0.39 is 0 Å². The molecule has 0 amide bonds. The van der Waals surface area contributed by atoms with Crippen LogP contribution in [0.25, 0.3) is 10.2 Å². The van der Waals surface area contributed by atoms with Gasteiger partial charge in [-0.05, 0) is 24.1 Å². The van der Waals surface area contributed by atoms with Crippen molar-refractivity contribution in [3.63, 3.8) is 0 Å². The van der Waals surface area contributed by atoms with Crippen LogP contribution in [0.4, 0.5) is 10.2 Å². The molecule has 3 rings (SSSR count). The monoisotopic (exact) mass is 303 g/mol. The van der Waals surface area contributed by atoms with Gasteiger partial charge in [-0.3, -0.25) is 0 Å². The number of thiophene rings is 1. The molecule has 0 radical (unpaired) electrons. The van der Waals surface area contributed by atoms with Crippen molar-refractivity contribution in [3.8, 4) is 5.75 Å². The van der Waals surface area contributed by atoms with E-state index in [1.165, 1.54) is 28.6 Å². The van der Waals surface area contributed by atoms with E-state index in [0.717, 1.165) is 12.2 Å². The van der Waals surface area contributed by atoms with E-state index >= 15 is 0 Å². The van der Waals surface area contributed by atoms with Crippen LogP contribution in [0.1, 0.15) is 5.56 Å². The standard InChI is InChI=1S/C15H14FN3OS/c1-20-11-4-2-10(3-5-11)6-7-17-14-13-12(16)8-21-15(13)19-9-18-14/h2-5,8-9H,6-7H2,1H3,(H,17,18,19). The second-order valence-electron chi connectivity index (χ2n) is 4.51. The van der Waals surface area contributed by atoms with Crippen molar-refractivity contribution in [2.75, 3.05) is 19.0 Å². The van der Waals surface area contributed by atoms with Gasteiger partial charge in [-0.2, -0.15) is 0 Å². The van der Waals surface area contributed by atoms with Crippen LogP contribution >= 0.6 is 11.3 Å². The molecule has 0 aliphatic rings. The first-order valence-electron chi connectivity index (χ1n) is 6.52. The fraction of sp³-hybridized carbons (Fsp3) is 0.200. The molecule has 6 heteroatoms.